The molecule has 0 aromatic rings. The highest BCUT2D eigenvalue weighted by Gasteiger charge is 2.58. The zero-order chi connectivity index (χ0) is 11.7. The Morgan fingerprint density at radius 3 is 2.53 bits per heavy atom. The standard InChI is InChI=1S/C6H8F3N3O3/c7-6(8,9)3-1-15-5(2-13,4(3)14)11-12-10/h3-4,13-14H,1-2H2. The van der Waals surface area contributed by atoms with Crippen molar-refractivity contribution < 1.29 is 28.1 Å². The molecule has 86 valence electrons. The molecule has 1 aliphatic rings. The van der Waals surface area contributed by atoms with Gasteiger partial charge in [-0.25, -0.2) is 0 Å². The van der Waals surface area contributed by atoms with Gasteiger partial charge in [-0.15, -0.1) is 0 Å². The molecule has 0 aromatic carbocycles. The minimum Gasteiger partial charge on any atom is -0.393 e. The Morgan fingerprint density at radius 2 is 2.20 bits per heavy atom. The van der Waals surface area contributed by atoms with Gasteiger partial charge in [0.15, 0.2) is 5.72 Å². The molecule has 0 aliphatic carbocycles. The van der Waals surface area contributed by atoms with E-state index in [2.05, 4.69) is 14.8 Å². The van der Waals surface area contributed by atoms with Crippen molar-refractivity contribution in [1.29, 1.82) is 0 Å². The lowest BCUT2D eigenvalue weighted by molar-refractivity contribution is -0.194. The van der Waals surface area contributed by atoms with Gasteiger partial charge in [0.25, 0.3) is 0 Å². The van der Waals surface area contributed by atoms with Gasteiger partial charge in [0, 0.05) is 4.91 Å². The van der Waals surface area contributed by atoms with Gasteiger partial charge in [0.2, 0.25) is 0 Å². The molecule has 0 spiro atoms. The van der Waals surface area contributed by atoms with E-state index < -0.39 is 37.1 Å². The molecule has 1 saturated heterocycles. The first kappa shape index (κ1) is 12.1. The summed E-state index contributed by atoms with van der Waals surface area (Å²) in [5.41, 5.74) is 5.88. The van der Waals surface area contributed by atoms with Crippen LogP contribution in [0.4, 0.5) is 13.2 Å². The summed E-state index contributed by atoms with van der Waals surface area (Å²) in [4.78, 5) is 2.24. The lowest BCUT2D eigenvalue weighted by Crippen LogP contribution is -2.45. The van der Waals surface area contributed by atoms with Gasteiger partial charge in [0.1, 0.15) is 12.0 Å². The fraction of sp³-hybridized carbons (Fsp3) is 1.00. The lowest BCUT2D eigenvalue weighted by atomic mass is 9.98. The molecule has 0 radical (unpaired) electrons. The van der Waals surface area contributed by atoms with Crippen molar-refractivity contribution in [3.05, 3.63) is 10.4 Å². The number of nitrogens with zero attached hydrogens (tertiary/aromatic N) is 3. The summed E-state index contributed by atoms with van der Waals surface area (Å²) in [6, 6.07) is 0. The summed E-state index contributed by atoms with van der Waals surface area (Å²) in [7, 11) is 0. The average molecular weight is 227 g/mol. The molecular formula is C6H8F3N3O3. The SMILES string of the molecule is [N-]=[N+]=NC1(CO)OCC(C(F)(F)F)C1O. The third-order valence-corrected chi connectivity index (χ3v) is 2.22. The molecule has 1 heterocycles. The van der Waals surface area contributed by atoms with Crippen molar-refractivity contribution in [3.63, 3.8) is 0 Å². The fourth-order valence-electron chi connectivity index (χ4n) is 1.33. The molecule has 6 nitrogen and oxygen atoms in total. The molecule has 3 unspecified atom stereocenters. The summed E-state index contributed by atoms with van der Waals surface area (Å²) in [6.07, 6.45) is -6.76. The van der Waals surface area contributed by atoms with Crippen LogP contribution in [0.2, 0.25) is 0 Å². The van der Waals surface area contributed by atoms with E-state index >= 15 is 0 Å². The van der Waals surface area contributed by atoms with E-state index in [9.17, 15) is 18.3 Å². The number of aliphatic hydroxyl groups excluding tert-OH is 2. The van der Waals surface area contributed by atoms with E-state index in [0.29, 0.717) is 0 Å². The van der Waals surface area contributed by atoms with Crippen LogP contribution in [0.15, 0.2) is 5.11 Å². The second-order valence-electron chi connectivity index (χ2n) is 3.10. The van der Waals surface area contributed by atoms with E-state index in [4.69, 9.17) is 10.6 Å². The molecular weight excluding hydrogens is 219 g/mol. The van der Waals surface area contributed by atoms with E-state index in [1.807, 2.05) is 0 Å². The highest BCUT2D eigenvalue weighted by atomic mass is 19.4. The second kappa shape index (κ2) is 3.86. The quantitative estimate of drug-likeness (QED) is 0.409. The van der Waals surface area contributed by atoms with Gasteiger partial charge >= 0.3 is 6.18 Å². The molecule has 1 rings (SSSR count). The molecule has 2 N–H and O–H groups in total. The van der Waals surface area contributed by atoms with E-state index in [-0.39, 0.29) is 0 Å². The minimum absolute atomic E-state index is 0.843. The Labute approximate surface area is 81.9 Å². The summed E-state index contributed by atoms with van der Waals surface area (Å²) in [5.74, 6) is -2.16. The minimum atomic E-state index is -4.67. The van der Waals surface area contributed by atoms with Crippen LogP contribution >= 0.6 is 0 Å². The van der Waals surface area contributed by atoms with Crippen LogP contribution in [0.5, 0.6) is 0 Å². The van der Waals surface area contributed by atoms with Gasteiger partial charge in [-0.05, 0) is 5.53 Å². The number of azide groups is 1. The molecule has 0 aromatic heterocycles. The number of hydrogen-bond donors (Lipinski definition) is 2. The van der Waals surface area contributed by atoms with Crippen LogP contribution in [0.1, 0.15) is 0 Å². The molecule has 0 bridgehead atoms. The topological polar surface area (TPSA) is 98.5 Å². The Hall–Kier alpha value is -1.02. The van der Waals surface area contributed by atoms with Crippen LogP contribution in [0.25, 0.3) is 10.4 Å². The second-order valence-corrected chi connectivity index (χ2v) is 3.10. The maximum absolute atomic E-state index is 12.3. The van der Waals surface area contributed by atoms with Crippen molar-refractivity contribution in [1.82, 2.24) is 0 Å². The van der Waals surface area contributed by atoms with E-state index in [1.54, 1.807) is 0 Å². The number of aliphatic hydroxyl groups is 2. The van der Waals surface area contributed by atoms with Crippen LogP contribution in [-0.4, -0.2) is 41.4 Å². The zero-order valence-electron chi connectivity index (χ0n) is 7.35. The summed E-state index contributed by atoms with van der Waals surface area (Å²) in [6.45, 7) is -1.85. The zero-order valence-corrected chi connectivity index (χ0v) is 7.35. The Kier molecular flexibility index (Phi) is 3.10. The van der Waals surface area contributed by atoms with Crippen molar-refractivity contribution in [3.8, 4) is 0 Å². The third-order valence-electron chi connectivity index (χ3n) is 2.22. The summed E-state index contributed by atoms with van der Waals surface area (Å²) < 4.78 is 41.4. The lowest BCUT2D eigenvalue weighted by Gasteiger charge is -2.25. The Morgan fingerprint density at radius 1 is 1.60 bits per heavy atom. The first-order valence-corrected chi connectivity index (χ1v) is 3.93. The molecule has 1 aliphatic heterocycles. The van der Waals surface area contributed by atoms with Crippen molar-refractivity contribution >= 4 is 0 Å². The number of halogens is 3. The maximum Gasteiger partial charge on any atom is 0.396 e. The molecule has 15 heavy (non-hydrogen) atoms. The van der Waals surface area contributed by atoms with Gasteiger partial charge in [-0.2, -0.15) is 13.2 Å². The van der Waals surface area contributed by atoms with Crippen molar-refractivity contribution in [2.24, 2.45) is 11.0 Å². The normalized spacial score (nSPS) is 36.3. The Bertz CT molecular complexity index is 291. The molecule has 1 fully saturated rings. The molecule has 0 amide bonds. The van der Waals surface area contributed by atoms with Crippen molar-refractivity contribution in [2.45, 2.75) is 18.0 Å². The Balaban J connectivity index is 2.95. The van der Waals surface area contributed by atoms with Gasteiger partial charge < -0.3 is 14.9 Å². The van der Waals surface area contributed by atoms with E-state index in [0.717, 1.165) is 0 Å². The largest absolute Gasteiger partial charge is 0.396 e. The monoisotopic (exact) mass is 227 g/mol. The highest BCUT2D eigenvalue weighted by Crippen LogP contribution is 2.40. The van der Waals surface area contributed by atoms with Crippen molar-refractivity contribution in [2.75, 3.05) is 13.2 Å². The maximum atomic E-state index is 12.3. The van der Waals surface area contributed by atoms with Crippen LogP contribution in [-0.2, 0) is 4.74 Å². The molecule has 9 heteroatoms. The van der Waals surface area contributed by atoms with Gasteiger partial charge in [-0.3, -0.25) is 0 Å². The van der Waals surface area contributed by atoms with Crippen LogP contribution in [0, 0.1) is 5.92 Å². The average Bonchev–Trinajstić information content (AvgIpc) is 2.45. The van der Waals surface area contributed by atoms with Crippen LogP contribution < -0.4 is 0 Å². The fourth-order valence-corrected chi connectivity index (χ4v) is 1.33. The summed E-state index contributed by atoms with van der Waals surface area (Å²) >= 11 is 0. The predicted octanol–water partition coefficient (Wildman–Crippen LogP) is 0.555. The number of ether oxygens (including phenoxy) is 1. The van der Waals surface area contributed by atoms with Gasteiger partial charge in [0.05, 0.1) is 13.2 Å². The number of alkyl halides is 3. The molecule has 3 atom stereocenters. The number of hydrogen-bond acceptors (Lipinski definition) is 4. The number of rotatable bonds is 2. The summed E-state index contributed by atoms with van der Waals surface area (Å²) in [5, 5.41) is 21.0. The highest BCUT2D eigenvalue weighted by molar-refractivity contribution is 4.98. The van der Waals surface area contributed by atoms with Crippen LogP contribution in [0.3, 0.4) is 0 Å². The third kappa shape index (κ3) is 2.00. The van der Waals surface area contributed by atoms with Gasteiger partial charge in [-0.1, -0.05) is 5.11 Å². The molecule has 0 saturated carbocycles. The predicted molar refractivity (Wildman–Crippen MR) is 40.5 cm³/mol. The first-order valence-electron chi connectivity index (χ1n) is 3.93. The smallest absolute Gasteiger partial charge is 0.393 e. The van der Waals surface area contributed by atoms with E-state index in [1.165, 1.54) is 0 Å². The first-order chi connectivity index (χ1) is 6.87.